The maximum atomic E-state index is 10.4. The lowest BCUT2D eigenvalue weighted by molar-refractivity contribution is 0.123. The number of anilines is 1. The van der Waals surface area contributed by atoms with Crippen molar-refractivity contribution < 1.29 is 5.11 Å². The van der Waals surface area contributed by atoms with Crippen LogP contribution in [0.1, 0.15) is 22.8 Å². The number of aliphatic hydroxyl groups is 1. The van der Waals surface area contributed by atoms with E-state index in [1.165, 1.54) is 16.8 Å². The first-order chi connectivity index (χ1) is 9.65. The molecule has 1 aliphatic rings. The monoisotopic (exact) mass is 267 g/mol. The Hall–Kier alpha value is -1.80. The van der Waals surface area contributed by atoms with Crippen LogP contribution in [0.3, 0.4) is 0 Å². The SMILES string of the molecule is CN(C)c1ccc(C[C@@H]2Cc3ccccc3[C@H]2O)cc1. The molecule has 0 aliphatic heterocycles. The third-order valence-corrected chi connectivity index (χ3v) is 4.25. The fourth-order valence-corrected chi connectivity index (χ4v) is 3.07. The van der Waals surface area contributed by atoms with Crippen molar-refractivity contribution in [2.24, 2.45) is 5.92 Å². The van der Waals surface area contributed by atoms with E-state index in [1.807, 2.05) is 20.2 Å². The number of rotatable bonds is 3. The van der Waals surface area contributed by atoms with Gasteiger partial charge < -0.3 is 10.0 Å². The molecule has 0 fully saturated rings. The van der Waals surface area contributed by atoms with Crippen LogP contribution in [-0.4, -0.2) is 19.2 Å². The van der Waals surface area contributed by atoms with Crippen molar-refractivity contribution in [1.29, 1.82) is 0 Å². The number of aliphatic hydroxyl groups excluding tert-OH is 1. The Labute approximate surface area is 120 Å². The molecule has 2 nitrogen and oxygen atoms in total. The first-order valence-electron chi connectivity index (χ1n) is 7.17. The molecule has 0 aromatic heterocycles. The van der Waals surface area contributed by atoms with Gasteiger partial charge in [0, 0.05) is 19.8 Å². The van der Waals surface area contributed by atoms with Gasteiger partial charge in [-0.05, 0) is 47.6 Å². The number of hydrogen-bond acceptors (Lipinski definition) is 2. The van der Waals surface area contributed by atoms with Crippen LogP contribution >= 0.6 is 0 Å². The van der Waals surface area contributed by atoms with E-state index >= 15 is 0 Å². The molecule has 0 spiro atoms. The Morgan fingerprint density at radius 2 is 1.75 bits per heavy atom. The zero-order valence-electron chi connectivity index (χ0n) is 12.1. The molecule has 0 bridgehead atoms. The van der Waals surface area contributed by atoms with E-state index in [4.69, 9.17) is 0 Å². The number of nitrogens with zero attached hydrogens (tertiary/aromatic N) is 1. The lowest BCUT2D eigenvalue weighted by Gasteiger charge is -2.16. The molecule has 104 valence electrons. The van der Waals surface area contributed by atoms with Crippen molar-refractivity contribution in [2.45, 2.75) is 18.9 Å². The Morgan fingerprint density at radius 1 is 1.05 bits per heavy atom. The lowest BCUT2D eigenvalue weighted by atomic mass is 9.94. The van der Waals surface area contributed by atoms with E-state index < -0.39 is 0 Å². The largest absolute Gasteiger partial charge is 0.388 e. The minimum atomic E-state index is -0.320. The quantitative estimate of drug-likeness (QED) is 0.923. The third kappa shape index (κ3) is 2.44. The summed E-state index contributed by atoms with van der Waals surface area (Å²) in [7, 11) is 4.10. The van der Waals surface area contributed by atoms with Crippen LogP contribution in [0, 0.1) is 5.92 Å². The molecule has 0 saturated heterocycles. The highest BCUT2D eigenvalue weighted by atomic mass is 16.3. The molecular weight excluding hydrogens is 246 g/mol. The van der Waals surface area contributed by atoms with Crippen molar-refractivity contribution >= 4 is 5.69 Å². The van der Waals surface area contributed by atoms with Crippen LogP contribution in [0.5, 0.6) is 0 Å². The van der Waals surface area contributed by atoms with Gasteiger partial charge in [0.1, 0.15) is 0 Å². The molecule has 0 amide bonds. The fraction of sp³-hybridized carbons (Fsp3) is 0.333. The zero-order valence-corrected chi connectivity index (χ0v) is 12.1. The van der Waals surface area contributed by atoms with Crippen molar-refractivity contribution in [3.63, 3.8) is 0 Å². The van der Waals surface area contributed by atoms with E-state index in [1.54, 1.807) is 0 Å². The first kappa shape index (κ1) is 13.2. The van der Waals surface area contributed by atoms with Gasteiger partial charge in [0.25, 0.3) is 0 Å². The summed E-state index contributed by atoms with van der Waals surface area (Å²) in [5.41, 5.74) is 4.92. The van der Waals surface area contributed by atoms with Gasteiger partial charge in [0.2, 0.25) is 0 Å². The Balaban J connectivity index is 1.73. The number of hydrogen-bond donors (Lipinski definition) is 1. The highest BCUT2D eigenvalue weighted by Crippen LogP contribution is 2.37. The molecule has 2 aromatic rings. The number of fused-ring (bicyclic) bond motifs is 1. The highest BCUT2D eigenvalue weighted by molar-refractivity contribution is 5.46. The summed E-state index contributed by atoms with van der Waals surface area (Å²) < 4.78 is 0. The Morgan fingerprint density at radius 3 is 2.40 bits per heavy atom. The minimum Gasteiger partial charge on any atom is -0.388 e. The first-order valence-corrected chi connectivity index (χ1v) is 7.17. The Bertz CT molecular complexity index is 589. The van der Waals surface area contributed by atoms with Crippen LogP contribution in [0.2, 0.25) is 0 Å². The molecule has 0 heterocycles. The topological polar surface area (TPSA) is 23.5 Å². The molecular formula is C18H21NO. The molecule has 20 heavy (non-hydrogen) atoms. The molecule has 2 heteroatoms. The molecule has 2 atom stereocenters. The molecule has 2 aromatic carbocycles. The van der Waals surface area contributed by atoms with Crippen molar-refractivity contribution in [3.05, 3.63) is 65.2 Å². The molecule has 0 radical (unpaired) electrons. The molecule has 1 aliphatic carbocycles. The summed E-state index contributed by atoms with van der Waals surface area (Å²) >= 11 is 0. The van der Waals surface area contributed by atoms with E-state index in [2.05, 4.69) is 47.4 Å². The second kappa shape index (κ2) is 5.29. The molecule has 1 N–H and O–H groups in total. The average Bonchev–Trinajstić information content (AvgIpc) is 2.77. The summed E-state index contributed by atoms with van der Waals surface area (Å²) in [4.78, 5) is 2.10. The number of benzene rings is 2. The Kier molecular flexibility index (Phi) is 3.49. The molecule has 0 unspecified atom stereocenters. The predicted molar refractivity (Wildman–Crippen MR) is 83.1 cm³/mol. The van der Waals surface area contributed by atoms with Crippen molar-refractivity contribution in [3.8, 4) is 0 Å². The smallest absolute Gasteiger partial charge is 0.0827 e. The summed E-state index contributed by atoms with van der Waals surface area (Å²) in [5.74, 6) is 0.303. The average molecular weight is 267 g/mol. The van der Waals surface area contributed by atoms with Gasteiger partial charge in [0.05, 0.1) is 6.10 Å². The summed E-state index contributed by atoms with van der Waals surface area (Å²) in [5, 5.41) is 10.4. The van der Waals surface area contributed by atoms with Crippen LogP contribution in [0.4, 0.5) is 5.69 Å². The minimum absolute atomic E-state index is 0.303. The second-order valence-electron chi connectivity index (χ2n) is 5.87. The van der Waals surface area contributed by atoms with E-state index in [0.717, 1.165) is 18.4 Å². The van der Waals surface area contributed by atoms with Gasteiger partial charge in [0.15, 0.2) is 0 Å². The van der Waals surface area contributed by atoms with Gasteiger partial charge in [-0.1, -0.05) is 36.4 Å². The van der Waals surface area contributed by atoms with E-state index in [9.17, 15) is 5.11 Å². The van der Waals surface area contributed by atoms with Crippen molar-refractivity contribution in [1.82, 2.24) is 0 Å². The zero-order chi connectivity index (χ0) is 14.1. The van der Waals surface area contributed by atoms with Crippen LogP contribution in [0.15, 0.2) is 48.5 Å². The third-order valence-electron chi connectivity index (χ3n) is 4.25. The van der Waals surface area contributed by atoms with Gasteiger partial charge in [-0.15, -0.1) is 0 Å². The highest BCUT2D eigenvalue weighted by Gasteiger charge is 2.30. The van der Waals surface area contributed by atoms with E-state index in [0.29, 0.717) is 5.92 Å². The lowest BCUT2D eigenvalue weighted by Crippen LogP contribution is -2.11. The predicted octanol–water partition coefficient (Wildman–Crippen LogP) is 3.20. The molecule has 3 rings (SSSR count). The fourth-order valence-electron chi connectivity index (χ4n) is 3.07. The maximum absolute atomic E-state index is 10.4. The van der Waals surface area contributed by atoms with Gasteiger partial charge in [-0.2, -0.15) is 0 Å². The van der Waals surface area contributed by atoms with Gasteiger partial charge in [-0.3, -0.25) is 0 Å². The summed E-state index contributed by atoms with van der Waals surface area (Å²) in [6.45, 7) is 0. The van der Waals surface area contributed by atoms with Crippen LogP contribution in [0.25, 0.3) is 0 Å². The molecule has 0 saturated carbocycles. The summed E-state index contributed by atoms with van der Waals surface area (Å²) in [6, 6.07) is 16.9. The second-order valence-corrected chi connectivity index (χ2v) is 5.87. The van der Waals surface area contributed by atoms with E-state index in [-0.39, 0.29) is 6.10 Å². The normalized spacial score (nSPS) is 20.8. The summed E-state index contributed by atoms with van der Waals surface area (Å²) in [6.07, 6.45) is 1.59. The standard InChI is InChI=1S/C18H21NO/c1-19(2)16-9-7-13(8-10-16)11-15-12-14-5-3-4-6-17(14)18(15)20/h3-10,15,18,20H,11-12H2,1-2H3/t15-,18+/m1/s1. The van der Waals surface area contributed by atoms with Crippen LogP contribution < -0.4 is 4.90 Å². The van der Waals surface area contributed by atoms with Crippen molar-refractivity contribution in [2.75, 3.05) is 19.0 Å². The van der Waals surface area contributed by atoms with Gasteiger partial charge >= 0.3 is 0 Å². The van der Waals surface area contributed by atoms with Crippen LogP contribution in [-0.2, 0) is 12.8 Å². The van der Waals surface area contributed by atoms with Gasteiger partial charge in [-0.25, -0.2) is 0 Å². The maximum Gasteiger partial charge on any atom is 0.0827 e.